The van der Waals surface area contributed by atoms with Crippen LogP contribution in [-0.2, 0) is 12.8 Å². The smallest absolute Gasteiger partial charge is 0.270 e. The Hall–Kier alpha value is -1.51. The zero-order valence-corrected chi connectivity index (χ0v) is 18.1. The highest BCUT2D eigenvalue weighted by atomic mass is 35.5. The molecule has 0 unspecified atom stereocenters. The summed E-state index contributed by atoms with van der Waals surface area (Å²) in [7, 11) is 0. The number of aryl methyl sites for hydroxylation is 1. The van der Waals surface area contributed by atoms with E-state index >= 15 is 0 Å². The van der Waals surface area contributed by atoms with Crippen LogP contribution in [0.1, 0.15) is 25.4 Å². The Morgan fingerprint density at radius 3 is 2.56 bits per heavy atom. The van der Waals surface area contributed by atoms with Crippen molar-refractivity contribution in [1.82, 2.24) is 15.3 Å². The van der Waals surface area contributed by atoms with E-state index in [4.69, 9.17) is 10.7 Å². The van der Waals surface area contributed by atoms with Gasteiger partial charge in [0, 0.05) is 35.2 Å². The molecule has 0 aliphatic carbocycles. The Bertz CT molecular complexity index is 852. The molecule has 5 nitrogen and oxygen atoms in total. The maximum atomic E-state index is 12.1. The van der Waals surface area contributed by atoms with E-state index in [1.165, 1.54) is 16.2 Å². The highest BCUT2D eigenvalue weighted by molar-refractivity contribution is 7.12. The number of hydrogen-bond donors (Lipinski definition) is 2. The molecule has 0 aliphatic heterocycles. The summed E-state index contributed by atoms with van der Waals surface area (Å²) in [5.74, 6) is -0.143. The van der Waals surface area contributed by atoms with Crippen molar-refractivity contribution in [2.24, 2.45) is 5.73 Å². The molecule has 0 aliphatic rings. The molecule has 0 saturated carbocycles. The average Bonchev–Trinajstić information content (AvgIpc) is 3.23. The van der Waals surface area contributed by atoms with Crippen LogP contribution in [0.5, 0.6) is 0 Å². The van der Waals surface area contributed by atoms with Crippen molar-refractivity contribution >= 4 is 53.4 Å². The van der Waals surface area contributed by atoms with Crippen molar-refractivity contribution in [3.63, 3.8) is 0 Å². The van der Waals surface area contributed by atoms with Crippen molar-refractivity contribution in [1.29, 1.82) is 0 Å². The molecular weight excluding hydrogens is 423 g/mol. The molecule has 0 spiro atoms. The van der Waals surface area contributed by atoms with Crippen LogP contribution < -0.4 is 11.1 Å². The first kappa shape index (κ1) is 23.5. The maximum absolute atomic E-state index is 12.1. The summed E-state index contributed by atoms with van der Waals surface area (Å²) in [6.07, 6.45) is 1.42. The molecule has 9 heteroatoms. The van der Waals surface area contributed by atoms with Crippen LogP contribution in [0.4, 0.5) is 0 Å². The number of nitrogens with two attached hydrogens (primary N) is 1. The lowest BCUT2D eigenvalue weighted by Gasteiger charge is -2.01. The van der Waals surface area contributed by atoms with Gasteiger partial charge < -0.3 is 11.1 Å². The molecule has 3 N–H and O–H groups in total. The third-order valence-corrected chi connectivity index (χ3v) is 5.59. The van der Waals surface area contributed by atoms with Gasteiger partial charge in [-0.05, 0) is 13.5 Å². The number of nitrogens with one attached hydrogen (secondary N) is 1. The molecule has 2 aromatic heterocycles. The lowest BCUT2D eigenvalue weighted by Crippen LogP contribution is -2.26. The average molecular weight is 445 g/mol. The fourth-order valence-electron chi connectivity index (χ4n) is 2.45. The summed E-state index contributed by atoms with van der Waals surface area (Å²) < 4.78 is 0. The minimum Gasteiger partial charge on any atom is -0.350 e. The molecule has 0 fully saturated rings. The second kappa shape index (κ2) is 11.4. The van der Waals surface area contributed by atoms with E-state index in [-0.39, 0.29) is 30.7 Å². The van der Waals surface area contributed by atoms with Crippen molar-refractivity contribution in [3.8, 4) is 11.3 Å². The number of carbonyl (C=O) groups is 1. The van der Waals surface area contributed by atoms with E-state index in [0.29, 0.717) is 31.6 Å². The largest absolute Gasteiger partial charge is 0.350 e. The van der Waals surface area contributed by atoms with E-state index in [1.807, 2.05) is 18.2 Å². The lowest BCUT2D eigenvalue weighted by molar-refractivity contribution is 0.0949. The van der Waals surface area contributed by atoms with Gasteiger partial charge in [-0.15, -0.1) is 47.5 Å². The predicted molar refractivity (Wildman–Crippen MR) is 118 cm³/mol. The normalized spacial score (nSPS) is 10.0. The molecular formula is C18H22Cl2N4OS2. The zero-order valence-electron chi connectivity index (χ0n) is 14.8. The van der Waals surface area contributed by atoms with E-state index < -0.39 is 0 Å². The van der Waals surface area contributed by atoms with Gasteiger partial charge in [0.2, 0.25) is 0 Å². The molecule has 1 aromatic carbocycles. The molecule has 146 valence electrons. The van der Waals surface area contributed by atoms with Crippen LogP contribution in [-0.4, -0.2) is 29.0 Å². The van der Waals surface area contributed by atoms with Gasteiger partial charge in [0.15, 0.2) is 0 Å². The van der Waals surface area contributed by atoms with Gasteiger partial charge >= 0.3 is 0 Å². The Morgan fingerprint density at radius 2 is 1.85 bits per heavy atom. The molecule has 0 bridgehead atoms. The van der Waals surface area contributed by atoms with Gasteiger partial charge in [0.05, 0.1) is 15.7 Å². The second-order valence-corrected chi connectivity index (χ2v) is 7.78. The summed E-state index contributed by atoms with van der Waals surface area (Å²) >= 11 is 3.15. The number of thiazole rings is 2. The fraction of sp³-hybridized carbons (Fsp3) is 0.278. The number of carbonyl (C=O) groups excluding carboxylic acids is 1. The Balaban J connectivity index is 0.00000182. The summed E-state index contributed by atoms with van der Waals surface area (Å²) in [5, 5.41) is 6.62. The SMILES string of the molecule is Cc1sc(CCNC(=O)c2csc(CCN)n2)nc1-c1ccccc1.Cl.Cl. The Morgan fingerprint density at radius 1 is 1.11 bits per heavy atom. The molecule has 27 heavy (non-hydrogen) atoms. The molecule has 3 rings (SSSR count). The van der Waals surface area contributed by atoms with E-state index in [2.05, 4.69) is 29.4 Å². The van der Waals surface area contributed by atoms with Crippen LogP contribution in [0, 0.1) is 6.92 Å². The number of halogens is 2. The number of amides is 1. The zero-order chi connectivity index (χ0) is 17.6. The summed E-state index contributed by atoms with van der Waals surface area (Å²) in [4.78, 5) is 22.3. The fourth-order valence-corrected chi connectivity index (χ4v) is 4.20. The molecule has 0 radical (unpaired) electrons. The van der Waals surface area contributed by atoms with Crippen molar-refractivity contribution in [2.75, 3.05) is 13.1 Å². The minimum absolute atomic E-state index is 0. The molecule has 1 amide bonds. The van der Waals surface area contributed by atoms with Gasteiger partial charge in [-0.2, -0.15) is 0 Å². The third-order valence-electron chi connectivity index (χ3n) is 3.66. The number of aromatic nitrogens is 2. The number of benzene rings is 1. The van der Waals surface area contributed by atoms with Crippen molar-refractivity contribution in [3.05, 3.63) is 56.3 Å². The van der Waals surface area contributed by atoms with E-state index in [0.717, 1.165) is 21.3 Å². The van der Waals surface area contributed by atoms with Crippen LogP contribution in [0.2, 0.25) is 0 Å². The number of nitrogens with zero attached hydrogens (tertiary/aromatic N) is 2. The molecule has 3 aromatic rings. The lowest BCUT2D eigenvalue weighted by atomic mass is 10.1. The highest BCUT2D eigenvalue weighted by Crippen LogP contribution is 2.27. The molecule has 2 heterocycles. The van der Waals surface area contributed by atoms with Gasteiger partial charge in [0.1, 0.15) is 5.69 Å². The van der Waals surface area contributed by atoms with Gasteiger partial charge in [-0.3, -0.25) is 4.79 Å². The number of rotatable bonds is 7. The predicted octanol–water partition coefficient (Wildman–Crippen LogP) is 3.89. The van der Waals surface area contributed by atoms with Crippen LogP contribution in [0.3, 0.4) is 0 Å². The van der Waals surface area contributed by atoms with Crippen molar-refractivity contribution in [2.45, 2.75) is 19.8 Å². The van der Waals surface area contributed by atoms with Gasteiger partial charge in [-0.1, -0.05) is 30.3 Å². The van der Waals surface area contributed by atoms with Crippen LogP contribution in [0.25, 0.3) is 11.3 Å². The Labute approximate surface area is 179 Å². The Kier molecular flexibility index (Phi) is 9.90. The summed E-state index contributed by atoms with van der Waals surface area (Å²) in [6, 6.07) is 10.2. The first-order valence-electron chi connectivity index (χ1n) is 8.11. The minimum atomic E-state index is -0.143. The van der Waals surface area contributed by atoms with Crippen molar-refractivity contribution < 1.29 is 4.79 Å². The van der Waals surface area contributed by atoms with E-state index in [9.17, 15) is 4.79 Å². The maximum Gasteiger partial charge on any atom is 0.270 e. The van der Waals surface area contributed by atoms with Gasteiger partial charge in [0.25, 0.3) is 5.91 Å². The topological polar surface area (TPSA) is 80.9 Å². The molecule has 0 atom stereocenters. The highest BCUT2D eigenvalue weighted by Gasteiger charge is 2.12. The molecule has 0 saturated heterocycles. The first-order chi connectivity index (χ1) is 12.2. The third kappa shape index (κ3) is 6.26. The summed E-state index contributed by atoms with van der Waals surface area (Å²) in [5.41, 5.74) is 8.13. The number of hydrogen-bond acceptors (Lipinski definition) is 6. The van der Waals surface area contributed by atoms with E-state index in [1.54, 1.807) is 16.7 Å². The summed E-state index contributed by atoms with van der Waals surface area (Å²) in [6.45, 7) is 3.17. The second-order valence-electron chi connectivity index (χ2n) is 5.55. The quantitative estimate of drug-likeness (QED) is 0.578. The van der Waals surface area contributed by atoms with Crippen LogP contribution >= 0.6 is 47.5 Å². The van der Waals surface area contributed by atoms with Crippen LogP contribution in [0.15, 0.2) is 35.7 Å². The monoisotopic (exact) mass is 444 g/mol. The van der Waals surface area contributed by atoms with Gasteiger partial charge in [-0.25, -0.2) is 9.97 Å². The first-order valence-corrected chi connectivity index (χ1v) is 9.81. The standard InChI is InChI=1S/C18H20N4OS2.2ClH/c1-12-17(13-5-3-2-4-6-13)22-16(25-12)8-10-20-18(23)14-11-24-15(21-14)7-9-19;;/h2-6,11H,7-10,19H2,1H3,(H,20,23);2*1H.